The minimum Gasteiger partial charge on any atom is -0.493 e. The van der Waals surface area contributed by atoms with Gasteiger partial charge in [-0.3, -0.25) is 19.8 Å². The Morgan fingerprint density at radius 3 is 2.24 bits per heavy atom. The van der Waals surface area contributed by atoms with E-state index in [2.05, 4.69) is 5.32 Å². The maximum Gasteiger partial charge on any atom is 0.270 e. The topological polar surface area (TPSA) is 67.9 Å². The molecule has 34 heavy (non-hydrogen) atoms. The zero-order valence-corrected chi connectivity index (χ0v) is 20.2. The lowest BCUT2D eigenvalue weighted by Crippen LogP contribution is -2.54. The predicted molar refractivity (Wildman–Crippen MR) is 136 cm³/mol. The van der Waals surface area contributed by atoms with Gasteiger partial charge in [-0.25, -0.2) is 0 Å². The standard InChI is InChI=1S/C25H18Cl2N2O4S/c1-32-22-13-16(4-11-21(22)33-14-15-2-5-17(26)6-3-15)12-20-23(30)28-25(34)29(24(20)31)19-9-7-18(27)8-10-19/h2-13H,14H2,1H3,(H,28,30,34). The van der Waals surface area contributed by atoms with Gasteiger partial charge in [0.25, 0.3) is 11.8 Å². The van der Waals surface area contributed by atoms with Crippen LogP contribution in [0.1, 0.15) is 11.1 Å². The van der Waals surface area contributed by atoms with Crippen LogP contribution in [0.4, 0.5) is 5.69 Å². The molecule has 1 N–H and O–H groups in total. The number of hydrogen-bond acceptors (Lipinski definition) is 5. The summed E-state index contributed by atoms with van der Waals surface area (Å²) in [4.78, 5) is 27.0. The van der Waals surface area contributed by atoms with E-state index in [0.717, 1.165) is 5.56 Å². The van der Waals surface area contributed by atoms with E-state index < -0.39 is 11.8 Å². The van der Waals surface area contributed by atoms with Crippen LogP contribution < -0.4 is 19.7 Å². The van der Waals surface area contributed by atoms with Crippen molar-refractivity contribution >= 4 is 64.1 Å². The van der Waals surface area contributed by atoms with Gasteiger partial charge in [0.1, 0.15) is 12.2 Å². The van der Waals surface area contributed by atoms with Crippen LogP contribution in [0.2, 0.25) is 10.0 Å². The van der Waals surface area contributed by atoms with Gasteiger partial charge >= 0.3 is 0 Å². The smallest absolute Gasteiger partial charge is 0.270 e. The Labute approximate surface area is 211 Å². The Morgan fingerprint density at radius 1 is 0.941 bits per heavy atom. The number of carbonyl (C=O) groups is 2. The second kappa shape index (κ2) is 10.3. The van der Waals surface area contributed by atoms with Gasteiger partial charge in [0, 0.05) is 10.0 Å². The summed E-state index contributed by atoms with van der Waals surface area (Å²) >= 11 is 17.1. The molecule has 1 fully saturated rings. The predicted octanol–water partition coefficient (Wildman–Crippen LogP) is 5.41. The van der Waals surface area contributed by atoms with Crippen LogP contribution in [0.5, 0.6) is 11.5 Å². The number of methoxy groups -OCH3 is 1. The number of nitrogens with one attached hydrogen (secondary N) is 1. The molecule has 1 heterocycles. The lowest BCUT2D eigenvalue weighted by atomic mass is 10.1. The number of rotatable bonds is 6. The molecule has 1 saturated heterocycles. The van der Waals surface area contributed by atoms with Gasteiger partial charge in [0.15, 0.2) is 16.6 Å². The molecule has 0 aliphatic carbocycles. The lowest BCUT2D eigenvalue weighted by molar-refractivity contribution is -0.122. The number of halogens is 2. The van der Waals surface area contributed by atoms with Crippen molar-refractivity contribution in [3.8, 4) is 11.5 Å². The van der Waals surface area contributed by atoms with Crippen molar-refractivity contribution in [1.82, 2.24) is 5.32 Å². The largest absolute Gasteiger partial charge is 0.493 e. The number of carbonyl (C=O) groups excluding carboxylic acids is 2. The van der Waals surface area contributed by atoms with Gasteiger partial charge in [0.2, 0.25) is 0 Å². The Bertz CT molecular complexity index is 1290. The molecule has 6 nitrogen and oxygen atoms in total. The van der Waals surface area contributed by atoms with Gasteiger partial charge in [-0.2, -0.15) is 0 Å². The van der Waals surface area contributed by atoms with Crippen LogP contribution in [0.25, 0.3) is 6.08 Å². The normalized spacial score (nSPS) is 14.9. The van der Waals surface area contributed by atoms with E-state index in [1.807, 2.05) is 12.1 Å². The van der Waals surface area contributed by atoms with Crippen molar-refractivity contribution < 1.29 is 19.1 Å². The van der Waals surface area contributed by atoms with E-state index in [4.69, 9.17) is 44.9 Å². The molecule has 1 aliphatic rings. The Kier molecular flexibility index (Phi) is 7.17. The molecule has 0 aromatic heterocycles. The van der Waals surface area contributed by atoms with Crippen LogP contribution in [0.15, 0.2) is 72.3 Å². The van der Waals surface area contributed by atoms with Gasteiger partial charge in [0.05, 0.1) is 12.8 Å². The first-order valence-corrected chi connectivity index (χ1v) is 11.2. The second-order valence-electron chi connectivity index (χ2n) is 7.26. The SMILES string of the molecule is COc1cc(C=C2C(=O)NC(=S)N(c3ccc(Cl)cc3)C2=O)ccc1OCc1ccc(Cl)cc1. The molecule has 3 aromatic rings. The van der Waals surface area contributed by atoms with E-state index >= 15 is 0 Å². The van der Waals surface area contributed by atoms with Gasteiger partial charge in [-0.05, 0) is 78.0 Å². The van der Waals surface area contributed by atoms with Crippen molar-refractivity contribution in [2.75, 3.05) is 12.0 Å². The Balaban J connectivity index is 1.58. The molecule has 0 saturated carbocycles. The van der Waals surface area contributed by atoms with Crippen LogP contribution in [-0.2, 0) is 16.2 Å². The summed E-state index contributed by atoms with van der Waals surface area (Å²) in [5, 5.41) is 3.72. The van der Waals surface area contributed by atoms with Crippen molar-refractivity contribution in [2.45, 2.75) is 6.61 Å². The monoisotopic (exact) mass is 512 g/mol. The fourth-order valence-electron chi connectivity index (χ4n) is 3.28. The molecule has 1 aliphatic heterocycles. The van der Waals surface area contributed by atoms with Crippen molar-refractivity contribution in [3.63, 3.8) is 0 Å². The third kappa shape index (κ3) is 5.22. The van der Waals surface area contributed by atoms with Gasteiger partial charge in [-0.15, -0.1) is 0 Å². The summed E-state index contributed by atoms with van der Waals surface area (Å²) in [6, 6.07) is 19.0. The van der Waals surface area contributed by atoms with E-state index in [1.165, 1.54) is 18.1 Å². The van der Waals surface area contributed by atoms with E-state index in [9.17, 15) is 9.59 Å². The Morgan fingerprint density at radius 2 is 1.59 bits per heavy atom. The molecule has 0 bridgehead atoms. The second-order valence-corrected chi connectivity index (χ2v) is 8.52. The molecule has 0 unspecified atom stereocenters. The highest BCUT2D eigenvalue weighted by atomic mass is 35.5. The number of ether oxygens (including phenoxy) is 2. The fraction of sp³-hybridized carbons (Fsp3) is 0.0800. The van der Waals surface area contributed by atoms with Crippen LogP contribution in [0, 0.1) is 0 Å². The molecule has 2 amide bonds. The summed E-state index contributed by atoms with van der Waals surface area (Å²) in [7, 11) is 1.51. The molecule has 4 rings (SSSR count). The molecular weight excluding hydrogens is 495 g/mol. The first kappa shape index (κ1) is 23.8. The van der Waals surface area contributed by atoms with Crippen LogP contribution in [0.3, 0.4) is 0 Å². The molecule has 0 spiro atoms. The number of thiocarbonyl (C=S) groups is 1. The van der Waals surface area contributed by atoms with Crippen molar-refractivity contribution in [2.24, 2.45) is 0 Å². The highest BCUT2D eigenvalue weighted by molar-refractivity contribution is 7.80. The molecule has 0 radical (unpaired) electrons. The summed E-state index contributed by atoms with van der Waals surface area (Å²) in [6.07, 6.45) is 1.48. The third-order valence-electron chi connectivity index (χ3n) is 4.99. The quantitative estimate of drug-likeness (QED) is 0.271. The van der Waals surface area contributed by atoms with E-state index in [1.54, 1.807) is 54.6 Å². The average Bonchev–Trinajstić information content (AvgIpc) is 2.83. The average molecular weight is 513 g/mol. The number of nitrogens with zero attached hydrogens (tertiary/aromatic N) is 1. The summed E-state index contributed by atoms with van der Waals surface area (Å²) in [5.41, 5.74) is 1.95. The number of amides is 2. The summed E-state index contributed by atoms with van der Waals surface area (Å²) in [5.74, 6) is -0.152. The lowest BCUT2D eigenvalue weighted by Gasteiger charge is -2.29. The number of hydrogen-bond donors (Lipinski definition) is 1. The van der Waals surface area contributed by atoms with Gasteiger partial charge in [-0.1, -0.05) is 41.4 Å². The molecule has 0 atom stereocenters. The zero-order chi connectivity index (χ0) is 24.2. The van der Waals surface area contributed by atoms with Crippen molar-refractivity contribution in [1.29, 1.82) is 0 Å². The molecular formula is C25H18Cl2N2O4S. The minimum absolute atomic E-state index is 0.00185. The molecule has 3 aromatic carbocycles. The van der Waals surface area contributed by atoms with Crippen LogP contribution >= 0.6 is 35.4 Å². The van der Waals surface area contributed by atoms with E-state index in [0.29, 0.717) is 39.4 Å². The van der Waals surface area contributed by atoms with Crippen molar-refractivity contribution in [3.05, 3.63) is 93.5 Å². The summed E-state index contributed by atoms with van der Waals surface area (Å²) in [6.45, 7) is 0.322. The maximum absolute atomic E-state index is 13.2. The Hall–Kier alpha value is -3.39. The highest BCUT2D eigenvalue weighted by Gasteiger charge is 2.34. The minimum atomic E-state index is -0.581. The van der Waals surface area contributed by atoms with Gasteiger partial charge < -0.3 is 9.47 Å². The first-order chi connectivity index (χ1) is 16.4. The molecule has 172 valence electrons. The van der Waals surface area contributed by atoms with Crippen LogP contribution in [-0.4, -0.2) is 24.0 Å². The third-order valence-corrected chi connectivity index (χ3v) is 5.78. The maximum atomic E-state index is 13.2. The number of benzene rings is 3. The summed E-state index contributed by atoms with van der Waals surface area (Å²) < 4.78 is 11.3. The first-order valence-electron chi connectivity index (χ1n) is 10.1. The van der Waals surface area contributed by atoms with E-state index in [-0.39, 0.29) is 10.7 Å². The highest BCUT2D eigenvalue weighted by Crippen LogP contribution is 2.31. The zero-order valence-electron chi connectivity index (χ0n) is 17.9. The molecule has 9 heteroatoms. The fourth-order valence-corrected chi connectivity index (χ4v) is 3.82. The number of anilines is 1.